The molecule has 3 fully saturated rings. The van der Waals surface area contributed by atoms with Crippen LogP contribution in [0.1, 0.15) is 31.7 Å². The average Bonchev–Trinajstić information content (AvgIpc) is 2.22. The minimum atomic E-state index is -3.58. The average molecular weight is 266 g/mol. The van der Waals surface area contributed by atoms with Crippen LogP contribution in [0.25, 0.3) is 0 Å². The van der Waals surface area contributed by atoms with E-state index in [9.17, 15) is 8.42 Å². The van der Waals surface area contributed by atoms with Crippen molar-refractivity contribution in [1.29, 1.82) is 0 Å². The normalized spacial score (nSPS) is 33.7. The van der Waals surface area contributed by atoms with Gasteiger partial charge in [-0.3, -0.25) is 4.18 Å². The van der Waals surface area contributed by atoms with Gasteiger partial charge in [0.05, 0.1) is 11.5 Å². The van der Waals surface area contributed by atoms with Crippen LogP contribution >= 0.6 is 0 Å². The predicted molar refractivity (Wildman–Crippen MR) is 68.7 cm³/mol. The molecule has 0 aliphatic heterocycles. The molecule has 0 heterocycles. The third-order valence-corrected chi connectivity index (χ3v) is 5.51. The van der Waals surface area contributed by atoms with Gasteiger partial charge in [-0.05, 0) is 49.1 Å². The van der Waals surface area contributed by atoms with Crippen LogP contribution in [0.4, 0.5) is 0 Å². The van der Waals surface area contributed by atoms with Gasteiger partial charge in [-0.15, -0.1) is 0 Å². The molecule has 3 saturated carbocycles. The van der Waals surface area contributed by atoms with Crippen molar-refractivity contribution in [3.63, 3.8) is 0 Å². The molecule has 3 aliphatic carbocycles. The summed E-state index contributed by atoms with van der Waals surface area (Å²) in [5.74, 6) is 0. The standard InChI is InChI=1S/C14H18O3S/c1-11-3-5-12(6-4-11)18(15,16)17-10-14-7-13(2,8-14)9-14/h3-6H,7-10H2,1-2H3. The van der Waals surface area contributed by atoms with E-state index in [1.807, 2.05) is 6.92 Å². The Kier molecular flexibility index (Phi) is 2.42. The summed E-state index contributed by atoms with van der Waals surface area (Å²) in [4.78, 5) is 0.255. The molecule has 4 rings (SSSR count). The summed E-state index contributed by atoms with van der Waals surface area (Å²) in [6.45, 7) is 4.53. The Labute approximate surface area is 108 Å². The molecule has 1 aromatic carbocycles. The van der Waals surface area contributed by atoms with Gasteiger partial charge in [-0.1, -0.05) is 24.6 Å². The van der Waals surface area contributed by atoms with Gasteiger partial charge in [0, 0.05) is 0 Å². The Bertz CT molecular complexity index is 552. The number of aryl methyl sites for hydroxylation is 1. The summed E-state index contributed by atoms with van der Waals surface area (Å²) in [5, 5.41) is 0. The lowest BCUT2D eigenvalue weighted by Gasteiger charge is -2.69. The first-order chi connectivity index (χ1) is 8.33. The molecule has 1 aromatic rings. The maximum absolute atomic E-state index is 12.0. The highest BCUT2D eigenvalue weighted by atomic mass is 32.2. The Hall–Kier alpha value is -0.870. The third kappa shape index (κ3) is 1.88. The fourth-order valence-electron chi connectivity index (χ4n) is 3.69. The molecule has 0 amide bonds. The second-order valence-electron chi connectivity index (χ2n) is 6.37. The second-order valence-corrected chi connectivity index (χ2v) is 7.99. The lowest BCUT2D eigenvalue weighted by Crippen LogP contribution is -2.62. The van der Waals surface area contributed by atoms with E-state index < -0.39 is 10.1 Å². The Morgan fingerprint density at radius 2 is 1.72 bits per heavy atom. The van der Waals surface area contributed by atoms with E-state index in [-0.39, 0.29) is 10.3 Å². The van der Waals surface area contributed by atoms with E-state index in [2.05, 4.69) is 6.92 Å². The van der Waals surface area contributed by atoms with Gasteiger partial charge in [0.1, 0.15) is 0 Å². The van der Waals surface area contributed by atoms with Crippen LogP contribution in [-0.2, 0) is 14.3 Å². The summed E-state index contributed by atoms with van der Waals surface area (Å²) in [6, 6.07) is 6.79. The van der Waals surface area contributed by atoms with Crippen molar-refractivity contribution in [2.24, 2.45) is 10.8 Å². The van der Waals surface area contributed by atoms with Crippen LogP contribution in [0, 0.1) is 17.8 Å². The van der Waals surface area contributed by atoms with Crippen molar-refractivity contribution < 1.29 is 12.6 Å². The molecule has 0 saturated heterocycles. The molecule has 0 atom stereocenters. The highest BCUT2D eigenvalue weighted by Gasteiger charge is 2.65. The molecule has 18 heavy (non-hydrogen) atoms. The summed E-state index contributed by atoms with van der Waals surface area (Å²) < 4.78 is 29.2. The molecule has 4 heteroatoms. The molecule has 0 N–H and O–H groups in total. The van der Waals surface area contributed by atoms with E-state index in [0.717, 1.165) is 24.8 Å². The van der Waals surface area contributed by atoms with Crippen molar-refractivity contribution in [2.75, 3.05) is 6.61 Å². The van der Waals surface area contributed by atoms with Crippen LogP contribution in [0.2, 0.25) is 0 Å². The summed E-state index contributed by atoms with van der Waals surface area (Å²) in [5.41, 5.74) is 1.69. The highest BCUT2D eigenvalue weighted by Crippen LogP contribution is 2.73. The smallest absolute Gasteiger partial charge is 0.266 e. The van der Waals surface area contributed by atoms with Crippen LogP contribution in [-0.4, -0.2) is 15.0 Å². The van der Waals surface area contributed by atoms with Crippen molar-refractivity contribution >= 4 is 10.1 Å². The van der Waals surface area contributed by atoms with Gasteiger partial charge in [-0.2, -0.15) is 8.42 Å². The minimum Gasteiger partial charge on any atom is -0.266 e. The molecule has 0 spiro atoms. The van der Waals surface area contributed by atoms with E-state index in [4.69, 9.17) is 4.18 Å². The monoisotopic (exact) mass is 266 g/mol. The van der Waals surface area contributed by atoms with Gasteiger partial charge >= 0.3 is 0 Å². The third-order valence-electron chi connectivity index (χ3n) is 4.24. The number of hydrogen-bond acceptors (Lipinski definition) is 3. The van der Waals surface area contributed by atoms with Gasteiger partial charge in [0.15, 0.2) is 0 Å². The fraction of sp³-hybridized carbons (Fsp3) is 0.571. The van der Waals surface area contributed by atoms with E-state index in [0.29, 0.717) is 12.0 Å². The molecule has 2 bridgehead atoms. The first-order valence-electron chi connectivity index (χ1n) is 6.29. The van der Waals surface area contributed by atoms with E-state index in [1.54, 1.807) is 24.3 Å². The summed E-state index contributed by atoms with van der Waals surface area (Å²) in [7, 11) is -3.58. The van der Waals surface area contributed by atoms with Crippen LogP contribution in [0.5, 0.6) is 0 Å². The number of rotatable bonds is 4. The topological polar surface area (TPSA) is 43.4 Å². The Morgan fingerprint density at radius 3 is 2.22 bits per heavy atom. The van der Waals surface area contributed by atoms with Crippen molar-refractivity contribution in [1.82, 2.24) is 0 Å². The lowest BCUT2D eigenvalue weighted by atomic mass is 9.36. The quantitative estimate of drug-likeness (QED) is 0.787. The van der Waals surface area contributed by atoms with Crippen LogP contribution < -0.4 is 0 Å². The molecule has 0 radical (unpaired) electrons. The highest BCUT2D eigenvalue weighted by molar-refractivity contribution is 7.86. The molecule has 3 nitrogen and oxygen atoms in total. The van der Waals surface area contributed by atoms with E-state index in [1.165, 1.54) is 0 Å². The molecular weight excluding hydrogens is 248 g/mol. The first-order valence-corrected chi connectivity index (χ1v) is 7.70. The second kappa shape index (κ2) is 3.58. The number of hydrogen-bond donors (Lipinski definition) is 0. The molecule has 3 aliphatic rings. The number of benzene rings is 1. The fourth-order valence-corrected chi connectivity index (χ4v) is 4.70. The van der Waals surface area contributed by atoms with Crippen molar-refractivity contribution in [2.45, 2.75) is 38.0 Å². The van der Waals surface area contributed by atoms with Crippen LogP contribution in [0.3, 0.4) is 0 Å². The maximum atomic E-state index is 12.0. The zero-order valence-electron chi connectivity index (χ0n) is 10.8. The van der Waals surface area contributed by atoms with Gasteiger partial charge in [0.2, 0.25) is 0 Å². The maximum Gasteiger partial charge on any atom is 0.296 e. The Morgan fingerprint density at radius 1 is 1.17 bits per heavy atom. The van der Waals surface area contributed by atoms with Gasteiger partial charge < -0.3 is 0 Å². The van der Waals surface area contributed by atoms with Gasteiger partial charge in [0.25, 0.3) is 10.1 Å². The largest absolute Gasteiger partial charge is 0.296 e. The molecule has 98 valence electrons. The van der Waals surface area contributed by atoms with Crippen LogP contribution in [0.15, 0.2) is 29.2 Å². The van der Waals surface area contributed by atoms with E-state index >= 15 is 0 Å². The molecule has 0 aromatic heterocycles. The summed E-state index contributed by atoms with van der Waals surface area (Å²) in [6.07, 6.45) is 3.34. The SMILES string of the molecule is Cc1ccc(S(=O)(=O)OCC23CC(C)(C2)C3)cc1. The van der Waals surface area contributed by atoms with Crippen molar-refractivity contribution in [3.8, 4) is 0 Å². The first kappa shape index (κ1) is 12.2. The zero-order valence-corrected chi connectivity index (χ0v) is 11.6. The van der Waals surface area contributed by atoms with Gasteiger partial charge in [-0.25, -0.2) is 0 Å². The molecule has 0 unspecified atom stereocenters. The minimum absolute atomic E-state index is 0.159. The zero-order chi connectivity index (χ0) is 13.0. The summed E-state index contributed by atoms with van der Waals surface area (Å²) >= 11 is 0. The molecular formula is C14H18O3S. The predicted octanol–water partition coefficient (Wildman–Crippen LogP) is 2.89. The van der Waals surface area contributed by atoms with Crippen molar-refractivity contribution in [3.05, 3.63) is 29.8 Å². The lowest BCUT2D eigenvalue weighted by molar-refractivity contribution is -0.206. The Balaban J connectivity index is 1.66.